The van der Waals surface area contributed by atoms with Crippen LogP contribution in [0.2, 0.25) is 0 Å². The Bertz CT molecular complexity index is 444. The van der Waals surface area contributed by atoms with Crippen molar-refractivity contribution in [2.24, 2.45) is 0 Å². The Morgan fingerprint density at radius 3 is 2.83 bits per heavy atom. The molecule has 1 aromatic rings. The minimum Gasteiger partial charge on any atom is -0.488 e. The van der Waals surface area contributed by atoms with Gasteiger partial charge >= 0.3 is 0 Å². The van der Waals surface area contributed by atoms with E-state index in [2.05, 4.69) is 24.5 Å². The van der Waals surface area contributed by atoms with Gasteiger partial charge in [0.1, 0.15) is 11.9 Å². The number of hydroxylamine groups is 1. The van der Waals surface area contributed by atoms with E-state index in [1.807, 2.05) is 0 Å². The van der Waals surface area contributed by atoms with E-state index in [4.69, 9.17) is 9.57 Å². The van der Waals surface area contributed by atoms with E-state index in [-0.39, 0.29) is 12.1 Å². The molecule has 1 aliphatic carbocycles. The van der Waals surface area contributed by atoms with Gasteiger partial charge in [0.05, 0.1) is 13.2 Å². The van der Waals surface area contributed by atoms with Gasteiger partial charge in [-0.1, -0.05) is 19.4 Å². The summed E-state index contributed by atoms with van der Waals surface area (Å²) in [7, 11) is 1.67. The Labute approximate surface area is 108 Å². The average molecular weight is 247 g/mol. The largest absolute Gasteiger partial charge is 0.488 e. The summed E-state index contributed by atoms with van der Waals surface area (Å²) >= 11 is 0. The summed E-state index contributed by atoms with van der Waals surface area (Å²) in [6.07, 6.45) is 6.07. The van der Waals surface area contributed by atoms with E-state index >= 15 is 0 Å². The van der Waals surface area contributed by atoms with Crippen molar-refractivity contribution in [3.8, 4) is 5.75 Å². The van der Waals surface area contributed by atoms with Gasteiger partial charge in [-0.2, -0.15) is 5.48 Å². The molecule has 2 aliphatic rings. The number of fused-ring (bicyclic) bond motifs is 2. The molecule has 1 aliphatic heterocycles. The van der Waals surface area contributed by atoms with Crippen LogP contribution >= 0.6 is 0 Å². The normalized spacial score (nSPS) is 24.8. The lowest BCUT2D eigenvalue weighted by Crippen LogP contribution is -2.30. The van der Waals surface area contributed by atoms with Crippen molar-refractivity contribution in [1.82, 2.24) is 5.48 Å². The van der Waals surface area contributed by atoms with Crippen molar-refractivity contribution >= 4 is 0 Å². The Kier molecular flexibility index (Phi) is 3.27. The third-order valence-electron chi connectivity index (χ3n) is 4.03. The molecule has 0 saturated carbocycles. The molecule has 0 radical (unpaired) electrons. The second-order valence-corrected chi connectivity index (χ2v) is 5.26. The van der Waals surface area contributed by atoms with Crippen LogP contribution in [0.25, 0.3) is 0 Å². The molecular formula is C15H21NO2. The predicted octanol–water partition coefficient (Wildman–Crippen LogP) is 2.93. The van der Waals surface area contributed by atoms with Crippen LogP contribution in [0.5, 0.6) is 5.75 Å². The van der Waals surface area contributed by atoms with Crippen molar-refractivity contribution in [3.05, 3.63) is 28.8 Å². The molecule has 0 amide bonds. The fourth-order valence-electron chi connectivity index (χ4n) is 3.17. The van der Waals surface area contributed by atoms with E-state index in [9.17, 15) is 0 Å². The zero-order valence-electron chi connectivity index (χ0n) is 11.2. The Balaban J connectivity index is 1.93. The summed E-state index contributed by atoms with van der Waals surface area (Å²) in [5.41, 5.74) is 7.35. The van der Waals surface area contributed by atoms with Crippen LogP contribution in [0, 0.1) is 0 Å². The Hall–Kier alpha value is -1.06. The second-order valence-electron chi connectivity index (χ2n) is 5.26. The van der Waals surface area contributed by atoms with Crippen LogP contribution in [0.4, 0.5) is 0 Å². The fraction of sp³-hybridized carbons (Fsp3) is 0.600. The van der Waals surface area contributed by atoms with Crippen LogP contribution < -0.4 is 10.2 Å². The van der Waals surface area contributed by atoms with E-state index in [1.54, 1.807) is 7.11 Å². The minimum absolute atomic E-state index is 0.177. The van der Waals surface area contributed by atoms with Crippen LogP contribution in [0.1, 0.15) is 48.9 Å². The minimum atomic E-state index is 0.177. The number of nitrogens with one attached hydrogen (secondary N) is 1. The third-order valence-corrected chi connectivity index (χ3v) is 4.03. The average Bonchev–Trinajstić information content (AvgIpc) is 2.93. The summed E-state index contributed by atoms with van der Waals surface area (Å²) in [5.74, 6) is 1.06. The molecule has 2 atom stereocenters. The van der Waals surface area contributed by atoms with Gasteiger partial charge in [-0.25, -0.2) is 0 Å². The lowest BCUT2D eigenvalue weighted by atomic mass is 9.98. The topological polar surface area (TPSA) is 30.5 Å². The first kappa shape index (κ1) is 12.0. The molecule has 0 bridgehead atoms. The quantitative estimate of drug-likeness (QED) is 0.830. The zero-order chi connectivity index (χ0) is 12.5. The summed E-state index contributed by atoms with van der Waals surface area (Å²) in [6.45, 7) is 2.19. The highest BCUT2D eigenvalue weighted by Crippen LogP contribution is 2.41. The van der Waals surface area contributed by atoms with Crippen LogP contribution in [0.3, 0.4) is 0 Å². The Morgan fingerprint density at radius 1 is 1.33 bits per heavy atom. The van der Waals surface area contributed by atoms with Gasteiger partial charge in [0.25, 0.3) is 0 Å². The van der Waals surface area contributed by atoms with E-state index in [0.29, 0.717) is 0 Å². The zero-order valence-corrected chi connectivity index (χ0v) is 11.2. The summed E-state index contributed by atoms with van der Waals surface area (Å²) < 4.78 is 6.10. The smallest absolute Gasteiger partial charge is 0.125 e. The highest BCUT2D eigenvalue weighted by atomic mass is 16.6. The maximum Gasteiger partial charge on any atom is 0.125 e. The van der Waals surface area contributed by atoms with Crippen molar-refractivity contribution in [2.45, 2.75) is 51.2 Å². The number of hydrogen-bond acceptors (Lipinski definition) is 3. The van der Waals surface area contributed by atoms with Gasteiger partial charge < -0.3 is 9.57 Å². The highest BCUT2D eigenvalue weighted by molar-refractivity contribution is 5.48. The van der Waals surface area contributed by atoms with Crippen LogP contribution in [-0.2, 0) is 17.7 Å². The fourth-order valence-corrected chi connectivity index (χ4v) is 3.17. The van der Waals surface area contributed by atoms with Crippen LogP contribution in [0.15, 0.2) is 12.1 Å². The van der Waals surface area contributed by atoms with Crippen molar-refractivity contribution in [2.75, 3.05) is 7.11 Å². The predicted molar refractivity (Wildman–Crippen MR) is 70.7 cm³/mol. The second kappa shape index (κ2) is 4.90. The summed E-state index contributed by atoms with van der Waals surface area (Å²) in [5, 5.41) is 0. The first-order valence-corrected chi connectivity index (χ1v) is 6.94. The number of ether oxygens (including phenoxy) is 1. The van der Waals surface area contributed by atoms with Crippen molar-refractivity contribution in [1.29, 1.82) is 0 Å². The summed E-state index contributed by atoms with van der Waals surface area (Å²) in [4.78, 5) is 5.15. The molecule has 3 heteroatoms. The first-order valence-electron chi connectivity index (χ1n) is 6.94. The van der Waals surface area contributed by atoms with E-state index < -0.39 is 0 Å². The number of benzene rings is 1. The van der Waals surface area contributed by atoms with Gasteiger partial charge in [-0.3, -0.25) is 0 Å². The van der Waals surface area contributed by atoms with Gasteiger partial charge in [-0.15, -0.1) is 0 Å². The number of hydrogen-bond donors (Lipinski definition) is 1. The number of aryl methyl sites for hydroxylation is 2. The molecule has 0 fully saturated rings. The van der Waals surface area contributed by atoms with Crippen molar-refractivity contribution in [3.63, 3.8) is 0 Å². The number of rotatable bonds is 4. The molecule has 0 saturated heterocycles. The van der Waals surface area contributed by atoms with E-state index in [1.165, 1.54) is 36.0 Å². The lowest BCUT2D eigenvalue weighted by Gasteiger charge is -2.18. The molecular weight excluding hydrogens is 226 g/mol. The Morgan fingerprint density at radius 2 is 2.11 bits per heavy atom. The molecule has 98 valence electrons. The van der Waals surface area contributed by atoms with Gasteiger partial charge in [-0.05, 0) is 42.9 Å². The molecule has 3 rings (SSSR count). The maximum atomic E-state index is 6.10. The molecule has 0 aromatic heterocycles. The lowest BCUT2D eigenvalue weighted by molar-refractivity contribution is 0.0269. The molecule has 0 spiro atoms. The first-order chi connectivity index (χ1) is 8.83. The maximum absolute atomic E-state index is 6.10. The molecule has 1 N–H and O–H groups in total. The molecule has 3 nitrogen and oxygen atoms in total. The molecule has 1 heterocycles. The van der Waals surface area contributed by atoms with Crippen LogP contribution in [-0.4, -0.2) is 13.2 Å². The summed E-state index contributed by atoms with van der Waals surface area (Å²) in [6, 6.07) is 4.75. The molecule has 1 aromatic carbocycles. The van der Waals surface area contributed by atoms with Crippen molar-refractivity contribution < 1.29 is 9.57 Å². The SMILES string of the molecule is CCCC1Oc2cc3c(cc2C1NOC)CCC3. The van der Waals surface area contributed by atoms with E-state index in [0.717, 1.165) is 18.6 Å². The highest BCUT2D eigenvalue weighted by Gasteiger charge is 2.35. The van der Waals surface area contributed by atoms with Gasteiger partial charge in [0.2, 0.25) is 0 Å². The molecule has 2 unspecified atom stereocenters. The van der Waals surface area contributed by atoms with Gasteiger partial charge in [0.15, 0.2) is 0 Å². The standard InChI is InChI=1S/C15H21NO2/c1-3-5-13-15(16-17-2)12-8-10-6-4-7-11(10)9-14(12)18-13/h8-9,13,15-16H,3-7H2,1-2H3. The third kappa shape index (κ3) is 1.91. The monoisotopic (exact) mass is 247 g/mol. The molecule has 18 heavy (non-hydrogen) atoms. The van der Waals surface area contributed by atoms with Gasteiger partial charge in [0, 0.05) is 5.56 Å².